The van der Waals surface area contributed by atoms with Crippen molar-refractivity contribution in [3.05, 3.63) is 36.3 Å². The molecule has 0 radical (unpaired) electrons. The highest BCUT2D eigenvalue weighted by molar-refractivity contribution is 5.90. The molecule has 28 heavy (non-hydrogen) atoms. The van der Waals surface area contributed by atoms with E-state index in [0.29, 0.717) is 18.4 Å². The van der Waals surface area contributed by atoms with Crippen molar-refractivity contribution in [2.45, 2.75) is 39.7 Å². The number of fused-ring (bicyclic) bond motifs is 2. The molecular weight excluding hydrogens is 364 g/mol. The Kier molecular flexibility index (Phi) is 5.63. The zero-order valence-electron chi connectivity index (χ0n) is 16.4. The predicted molar refractivity (Wildman–Crippen MR) is 98.4 cm³/mol. The first-order valence-corrected chi connectivity index (χ1v) is 9.45. The van der Waals surface area contributed by atoms with Crippen LogP contribution in [0, 0.1) is 23.2 Å². The average molecular weight is 390 g/mol. The first-order chi connectivity index (χ1) is 13.2. The van der Waals surface area contributed by atoms with E-state index in [4.69, 9.17) is 18.9 Å². The minimum absolute atomic E-state index is 0.0733. The molecule has 1 saturated carbocycles. The van der Waals surface area contributed by atoms with E-state index in [1.165, 1.54) is 6.92 Å². The molecule has 1 saturated heterocycles. The summed E-state index contributed by atoms with van der Waals surface area (Å²) >= 11 is 0. The molecule has 0 N–H and O–H groups in total. The maximum Gasteiger partial charge on any atom is 0.334 e. The predicted octanol–water partition coefficient (Wildman–Crippen LogP) is 2.67. The number of esters is 3. The molecule has 0 aromatic heterocycles. The zero-order chi connectivity index (χ0) is 20.5. The minimum Gasteiger partial charge on any atom is -0.473 e. The summed E-state index contributed by atoms with van der Waals surface area (Å²) in [5.74, 6) is -1.60. The molecule has 1 aliphatic carbocycles. The second-order valence-electron chi connectivity index (χ2n) is 7.98. The fourth-order valence-corrected chi connectivity index (χ4v) is 4.14. The molecular formula is C21H26O7. The second-order valence-corrected chi connectivity index (χ2v) is 7.98. The maximum atomic E-state index is 12.0. The number of carbonyl (C=O) groups excluding carboxylic acids is 3. The minimum atomic E-state index is -0.621. The van der Waals surface area contributed by atoms with Crippen LogP contribution in [0.1, 0.15) is 33.6 Å². The van der Waals surface area contributed by atoms with Crippen molar-refractivity contribution in [1.29, 1.82) is 0 Å². The van der Waals surface area contributed by atoms with Crippen LogP contribution in [-0.2, 0) is 33.3 Å². The van der Waals surface area contributed by atoms with Gasteiger partial charge in [-0.15, -0.1) is 0 Å². The molecule has 0 unspecified atom stereocenters. The average Bonchev–Trinajstić information content (AvgIpc) is 2.81. The Morgan fingerprint density at radius 1 is 1.36 bits per heavy atom. The number of hydrogen-bond donors (Lipinski definition) is 0. The Morgan fingerprint density at radius 3 is 2.79 bits per heavy atom. The van der Waals surface area contributed by atoms with Gasteiger partial charge in [0, 0.05) is 29.4 Å². The third-order valence-electron chi connectivity index (χ3n) is 5.72. The molecule has 0 bridgehead atoms. The summed E-state index contributed by atoms with van der Waals surface area (Å²) < 4.78 is 21.8. The van der Waals surface area contributed by atoms with Gasteiger partial charge < -0.3 is 18.9 Å². The van der Waals surface area contributed by atoms with E-state index in [1.54, 1.807) is 26.4 Å². The van der Waals surface area contributed by atoms with Crippen LogP contribution in [0.4, 0.5) is 0 Å². The first-order valence-electron chi connectivity index (χ1n) is 9.45. The third kappa shape index (κ3) is 3.84. The van der Waals surface area contributed by atoms with Gasteiger partial charge in [0.05, 0.1) is 18.4 Å². The van der Waals surface area contributed by atoms with E-state index < -0.39 is 11.4 Å². The fourth-order valence-electron chi connectivity index (χ4n) is 4.14. The van der Waals surface area contributed by atoms with E-state index in [0.717, 1.165) is 5.57 Å². The highest BCUT2D eigenvalue weighted by Crippen LogP contribution is 2.53. The highest BCUT2D eigenvalue weighted by atomic mass is 16.6. The van der Waals surface area contributed by atoms with Gasteiger partial charge in [0.15, 0.2) is 0 Å². The number of ether oxygens (including phenoxy) is 4. The maximum absolute atomic E-state index is 12.0. The molecule has 4 atom stereocenters. The second kappa shape index (κ2) is 7.81. The van der Waals surface area contributed by atoms with Gasteiger partial charge in [-0.25, -0.2) is 4.79 Å². The smallest absolute Gasteiger partial charge is 0.334 e. The van der Waals surface area contributed by atoms with E-state index in [2.05, 4.69) is 6.58 Å². The lowest BCUT2D eigenvalue weighted by Crippen LogP contribution is -2.46. The molecule has 2 aliphatic heterocycles. The monoisotopic (exact) mass is 390 g/mol. The molecule has 0 aromatic rings. The van der Waals surface area contributed by atoms with Crippen LogP contribution >= 0.6 is 0 Å². The van der Waals surface area contributed by atoms with Gasteiger partial charge in [0.25, 0.3) is 0 Å². The topological polar surface area (TPSA) is 88.1 Å². The normalized spacial score (nSPS) is 31.1. The summed E-state index contributed by atoms with van der Waals surface area (Å²) in [6.07, 6.45) is 5.68. The molecule has 152 valence electrons. The Balaban J connectivity index is 1.90. The molecule has 3 rings (SSSR count). The Morgan fingerprint density at radius 2 is 2.11 bits per heavy atom. The van der Waals surface area contributed by atoms with Gasteiger partial charge in [-0.3, -0.25) is 9.59 Å². The molecule has 0 aromatic carbocycles. The van der Waals surface area contributed by atoms with E-state index >= 15 is 0 Å². The molecule has 2 heterocycles. The van der Waals surface area contributed by atoms with E-state index in [1.807, 2.05) is 6.08 Å². The van der Waals surface area contributed by atoms with Crippen LogP contribution in [-0.4, -0.2) is 37.2 Å². The molecule has 3 aliphatic rings. The molecule has 0 spiro atoms. The molecule has 2 fully saturated rings. The van der Waals surface area contributed by atoms with Gasteiger partial charge in [0.1, 0.15) is 19.3 Å². The lowest BCUT2D eigenvalue weighted by molar-refractivity contribution is -0.150. The van der Waals surface area contributed by atoms with Crippen LogP contribution in [0.5, 0.6) is 0 Å². The summed E-state index contributed by atoms with van der Waals surface area (Å²) in [5, 5.41) is 0. The number of rotatable bonds is 5. The molecule has 7 heteroatoms. The van der Waals surface area contributed by atoms with E-state index in [9.17, 15) is 14.4 Å². The van der Waals surface area contributed by atoms with Crippen molar-refractivity contribution in [2.24, 2.45) is 23.2 Å². The summed E-state index contributed by atoms with van der Waals surface area (Å²) in [6.45, 7) is 8.97. The largest absolute Gasteiger partial charge is 0.473 e. The van der Waals surface area contributed by atoms with Crippen molar-refractivity contribution in [2.75, 3.05) is 13.2 Å². The van der Waals surface area contributed by atoms with Crippen molar-refractivity contribution < 1.29 is 33.3 Å². The van der Waals surface area contributed by atoms with Gasteiger partial charge in [-0.1, -0.05) is 20.4 Å². The number of hydrogen-bond acceptors (Lipinski definition) is 7. The fraction of sp³-hybridized carbons (Fsp3) is 0.571. The SMILES string of the molecule is C=C1C(=O)O[C@@H]2C[C@]3(COC(C)=O)C=COC=C(COC(=O)C(C)C)[C@H]3C[C@@H]12. The molecule has 0 amide bonds. The highest BCUT2D eigenvalue weighted by Gasteiger charge is 2.54. The van der Waals surface area contributed by atoms with Crippen molar-refractivity contribution in [1.82, 2.24) is 0 Å². The lowest BCUT2D eigenvalue weighted by atomic mass is 9.60. The Hall–Kier alpha value is -2.57. The Labute approximate surface area is 164 Å². The summed E-state index contributed by atoms with van der Waals surface area (Å²) in [6, 6.07) is 0. The first kappa shape index (κ1) is 20.2. The van der Waals surface area contributed by atoms with Gasteiger partial charge in [0.2, 0.25) is 0 Å². The van der Waals surface area contributed by atoms with Gasteiger partial charge in [-0.05, 0) is 24.8 Å². The van der Waals surface area contributed by atoms with Crippen LogP contribution < -0.4 is 0 Å². The van der Waals surface area contributed by atoms with Crippen molar-refractivity contribution >= 4 is 17.9 Å². The van der Waals surface area contributed by atoms with E-state index in [-0.39, 0.29) is 49.0 Å². The van der Waals surface area contributed by atoms with Crippen LogP contribution in [0.2, 0.25) is 0 Å². The van der Waals surface area contributed by atoms with Crippen LogP contribution in [0.15, 0.2) is 36.3 Å². The van der Waals surface area contributed by atoms with Gasteiger partial charge in [-0.2, -0.15) is 0 Å². The Bertz CT molecular complexity index is 748. The lowest BCUT2D eigenvalue weighted by Gasteiger charge is -2.45. The van der Waals surface area contributed by atoms with Crippen molar-refractivity contribution in [3.8, 4) is 0 Å². The summed E-state index contributed by atoms with van der Waals surface area (Å²) in [7, 11) is 0. The standard InChI is InChI=1S/C21H26O7/c1-12(2)19(23)26-10-15-9-25-6-5-21(11-27-14(4)22)8-18-16(7-17(15)21)13(3)20(24)28-18/h5-6,9,12,16-18H,3,7-8,10-11H2,1-2,4H3/t16-,17+,18+,21-/m0/s1. The van der Waals surface area contributed by atoms with Crippen molar-refractivity contribution in [3.63, 3.8) is 0 Å². The molecule has 7 nitrogen and oxygen atoms in total. The summed E-state index contributed by atoms with van der Waals surface area (Å²) in [4.78, 5) is 35.5. The van der Waals surface area contributed by atoms with Crippen LogP contribution in [0.3, 0.4) is 0 Å². The third-order valence-corrected chi connectivity index (χ3v) is 5.72. The van der Waals surface area contributed by atoms with Gasteiger partial charge >= 0.3 is 17.9 Å². The quantitative estimate of drug-likeness (QED) is 0.405. The zero-order valence-corrected chi connectivity index (χ0v) is 16.4. The number of carbonyl (C=O) groups is 3. The summed E-state index contributed by atoms with van der Waals surface area (Å²) in [5.41, 5.74) is 0.611. The van der Waals surface area contributed by atoms with Crippen LogP contribution in [0.25, 0.3) is 0 Å².